The number of hydrogen-bond donors (Lipinski definition) is 1. The molecular formula is C12H12N4O2S2. The number of nitrogens with zero attached hydrogens (tertiary/aromatic N) is 4. The van der Waals surface area contributed by atoms with E-state index in [0.717, 1.165) is 10.6 Å². The van der Waals surface area contributed by atoms with Crippen molar-refractivity contribution >= 4 is 39.4 Å². The summed E-state index contributed by atoms with van der Waals surface area (Å²) in [6, 6.07) is 0. The largest absolute Gasteiger partial charge is 0.476 e. The van der Waals surface area contributed by atoms with E-state index in [1.807, 2.05) is 24.3 Å². The van der Waals surface area contributed by atoms with E-state index in [2.05, 4.69) is 9.97 Å². The maximum atomic E-state index is 11.5. The van der Waals surface area contributed by atoms with Crippen molar-refractivity contribution in [2.75, 3.05) is 11.9 Å². The molecule has 0 aliphatic rings. The number of carbonyl (C=O) groups is 1. The third-order valence-corrected chi connectivity index (χ3v) is 4.71. The lowest BCUT2D eigenvalue weighted by molar-refractivity contribution is 0.0690. The van der Waals surface area contributed by atoms with Gasteiger partial charge >= 0.3 is 5.97 Å². The van der Waals surface area contributed by atoms with Gasteiger partial charge in [-0.15, -0.1) is 22.7 Å². The zero-order valence-electron chi connectivity index (χ0n) is 10.9. The number of aromatic carboxylic acids is 1. The lowest BCUT2D eigenvalue weighted by Crippen LogP contribution is -2.19. The summed E-state index contributed by atoms with van der Waals surface area (Å²) in [7, 11) is 1.85. The topological polar surface area (TPSA) is 70.7 Å². The van der Waals surface area contributed by atoms with Crippen molar-refractivity contribution in [2.45, 2.75) is 13.5 Å². The van der Waals surface area contributed by atoms with E-state index in [4.69, 9.17) is 0 Å². The van der Waals surface area contributed by atoms with E-state index in [1.54, 1.807) is 27.4 Å². The first-order valence-electron chi connectivity index (χ1n) is 5.87. The number of imidazole rings is 1. The summed E-state index contributed by atoms with van der Waals surface area (Å²) in [6.07, 6.45) is 1.73. The molecule has 0 aromatic carbocycles. The third-order valence-electron chi connectivity index (χ3n) is 3.03. The van der Waals surface area contributed by atoms with Gasteiger partial charge in [-0.05, 0) is 6.92 Å². The number of fused-ring (bicyclic) bond motifs is 1. The van der Waals surface area contributed by atoms with Crippen LogP contribution in [0.4, 0.5) is 5.82 Å². The van der Waals surface area contributed by atoms with E-state index in [1.165, 1.54) is 11.3 Å². The second-order valence-electron chi connectivity index (χ2n) is 4.36. The van der Waals surface area contributed by atoms with Crippen LogP contribution in [-0.4, -0.2) is 32.5 Å². The van der Waals surface area contributed by atoms with Gasteiger partial charge in [0.05, 0.1) is 17.7 Å². The van der Waals surface area contributed by atoms with Crippen LogP contribution in [0.1, 0.15) is 21.1 Å². The van der Waals surface area contributed by atoms with Crippen LogP contribution in [0.15, 0.2) is 17.1 Å². The summed E-state index contributed by atoms with van der Waals surface area (Å²) >= 11 is 2.98. The van der Waals surface area contributed by atoms with Crippen molar-refractivity contribution in [3.05, 3.63) is 33.4 Å². The van der Waals surface area contributed by atoms with Crippen LogP contribution in [0, 0.1) is 6.92 Å². The maximum Gasteiger partial charge on any atom is 0.356 e. The van der Waals surface area contributed by atoms with Crippen molar-refractivity contribution in [3.8, 4) is 0 Å². The number of thiazole rings is 2. The summed E-state index contributed by atoms with van der Waals surface area (Å²) in [5.74, 6) is -0.490. The molecule has 104 valence electrons. The Morgan fingerprint density at radius 2 is 2.30 bits per heavy atom. The second kappa shape index (κ2) is 4.88. The summed E-state index contributed by atoms with van der Waals surface area (Å²) in [4.78, 5) is 23.7. The van der Waals surface area contributed by atoms with Crippen LogP contribution < -0.4 is 4.90 Å². The van der Waals surface area contributed by atoms with E-state index in [-0.39, 0.29) is 5.69 Å². The molecule has 0 aliphatic heterocycles. The number of anilines is 1. The summed E-state index contributed by atoms with van der Waals surface area (Å²) < 4.78 is 1.61. The van der Waals surface area contributed by atoms with Crippen LogP contribution in [0.2, 0.25) is 0 Å². The van der Waals surface area contributed by atoms with Gasteiger partial charge in [-0.3, -0.25) is 4.40 Å². The highest BCUT2D eigenvalue weighted by Crippen LogP contribution is 2.26. The van der Waals surface area contributed by atoms with Crippen molar-refractivity contribution in [2.24, 2.45) is 0 Å². The Bertz CT molecular complexity index is 773. The smallest absolute Gasteiger partial charge is 0.356 e. The molecule has 3 heterocycles. The van der Waals surface area contributed by atoms with Gasteiger partial charge < -0.3 is 10.0 Å². The number of rotatable bonds is 4. The molecule has 0 bridgehead atoms. The number of carboxylic acids is 1. The minimum Gasteiger partial charge on any atom is -0.476 e. The SMILES string of the molecule is Cc1ncsc1CN(C)c1nc2sccn2c1C(=O)O. The first-order valence-corrected chi connectivity index (χ1v) is 7.63. The van der Waals surface area contributed by atoms with Crippen LogP contribution >= 0.6 is 22.7 Å². The predicted molar refractivity (Wildman–Crippen MR) is 79.0 cm³/mol. The monoisotopic (exact) mass is 308 g/mol. The zero-order chi connectivity index (χ0) is 14.3. The number of carboxylic acid groups (broad SMARTS) is 1. The summed E-state index contributed by atoms with van der Waals surface area (Å²) in [5, 5.41) is 11.2. The molecule has 8 heteroatoms. The molecule has 0 aliphatic carbocycles. The average Bonchev–Trinajstić information content (AvgIpc) is 3.04. The maximum absolute atomic E-state index is 11.5. The van der Waals surface area contributed by atoms with E-state index < -0.39 is 5.97 Å². The molecule has 0 radical (unpaired) electrons. The quantitative estimate of drug-likeness (QED) is 0.802. The van der Waals surface area contributed by atoms with Crippen LogP contribution in [0.3, 0.4) is 0 Å². The Labute approximate surface area is 123 Å². The third kappa shape index (κ3) is 2.06. The highest BCUT2D eigenvalue weighted by atomic mass is 32.1. The van der Waals surface area contributed by atoms with Gasteiger partial charge in [0.1, 0.15) is 0 Å². The molecule has 0 amide bonds. The van der Waals surface area contributed by atoms with Crippen LogP contribution in [0.5, 0.6) is 0 Å². The zero-order valence-corrected chi connectivity index (χ0v) is 12.5. The first kappa shape index (κ1) is 13.1. The highest BCUT2D eigenvalue weighted by molar-refractivity contribution is 7.15. The van der Waals surface area contributed by atoms with Crippen molar-refractivity contribution in [3.63, 3.8) is 0 Å². The molecule has 0 unspecified atom stereocenters. The van der Waals surface area contributed by atoms with Gasteiger partial charge in [0.15, 0.2) is 16.5 Å². The van der Waals surface area contributed by atoms with Crippen molar-refractivity contribution in [1.29, 1.82) is 0 Å². The fourth-order valence-corrected chi connectivity index (χ4v) is 3.55. The lowest BCUT2D eigenvalue weighted by atomic mass is 10.3. The molecule has 3 aromatic heterocycles. The average molecular weight is 308 g/mol. The first-order chi connectivity index (χ1) is 9.58. The van der Waals surface area contributed by atoms with Gasteiger partial charge in [-0.25, -0.2) is 14.8 Å². The standard InChI is InChI=1S/C12H12N4O2S2/c1-7-8(20-6-13-7)5-15(2)10-9(11(17)18)16-3-4-19-12(16)14-10/h3-4,6H,5H2,1-2H3,(H,17,18). The van der Waals surface area contributed by atoms with E-state index >= 15 is 0 Å². The normalized spacial score (nSPS) is 11.1. The Morgan fingerprint density at radius 1 is 1.50 bits per heavy atom. The molecule has 6 nitrogen and oxygen atoms in total. The summed E-state index contributed by atoms with van der Waals surface area (Å²) in [6.45, 7) is 2.55. The van der Waals surface area contributed by atoms with E-state index in [0.29, 0.717) is 17.3 Å². The molecule has 0 spiro atoms. The Hall–Kier alpha value is -1.93. The fraction of sp³-hybridized carbons (Fsp3) is 0.250. The minimum absolute atomic E-state index is 0.200. The highest BCUT2D eigenvalue weighted by Gasteiger charge is 2.22. The number of aryl methyl sites for hydroxylation is 1. The van der Waals surface area contributed by atoms with Crippen molar-refractivity contribution < 1.29 is 9.90 Å². The van der Waals surface area contributed by atoms with Gasteiger partial charge in [0.25, 0.3) is 0 Å². The van der Waals surface area contributed by atoms with Gasteiger partial charge in [-0.1, -0.05) is 0 Å². The molecule has 1 N–H and O–H groups in total. The number of hydrogen-bond acceptors (Lipinski definition) is 6. The van der Waals surface area contributed by atoms with Crippen LogP contribution in [-0.2, 0) is 6.54 Å². The Kier molecular flexibility index (Phi) is 3.19. The molecule has 0 saturated carbocycles. The molecule has 3 rings (SSSR count). The van der Waals surface area contributed by atoms with Gasteiger partial charge in [0, 0.05) is 23.5 Å². The molecule has 0 saturated heterocycles. The van der Waals surface area contributed by atoms with E-state index in [9.17, 15) is 9.90 Å². The Morgan fingerprint density at radius 3 is 2.95 bits per heavy atom. The van der Waals surface area contributed by atoms with Crippen LogP contribution in [0.25, 0.3) is 4.96 Å². The van der Waals surface area contributed by atoms with Gasteiger partial charge in [0.2, 0.25) is 0 Å². The van der Waals surface area contributed by atoms with Crippen molar-refractivity contribution in [1.82, 2.24) is 14.4 Å². The molecular weight excluding hydrogens is 296 g/mol. The molecule has 0 atom stereocenters. The molecule has 20 heavy (non-hydrogen) atoms. The number of aromatic nitrogens is 3. The minimum atomic E-state index is -0.973. The predicted octanol–water partition coefficient (Wildman–Crippen LogP) is 2.50. The molecule has 0 fully saturated rings. The molecule has 3 aromatic rings. The fourth-order valence-electron chi connectivity index (χ4n) is 2.01. The second-order valence-corrected chi connectivity index (χ2v) is 6.17. The van der Waals surface area contributed by atoms with Gasteiger partial charge in [-0.2, -0.15) is 0 Å². The Balaban J connectivity index is 2.00. The summed E-state index contributed by atoms with van der Waals surface area (Å²) in [5.41, 5.74) is 2.97. The lowest BCUT2D eigenvalue weighted by Gasteiger charge is -2.16.